The first kappa shape index (κ1) is 16.1. The Labute approximate surface area is 137 Å². The zero-order valence-corrected chi connectivity index (χ0v) is 13.1. The number of rotatable bonds is 2. The van der Waals surface area contributed by atoms with Gasteiger partial charge >= 0.3 is 0 Å². The van der Waals surface area contributed by atoms with Gasteiger partial charge in [-0.15, -0.1) is 0 Å². The van der Waals surface area contributed by atoms with Gasteiger partial charge in [0.05, 0.1) is 6.04 Å². The number of aromatic amines is 1. The molecular weight excluding hydrogens is 314 g/mol. The summed E-state index contributed by atoms with van der Waals surface area (Å²) in [6, 6.07) is 7.44. The van der Waals surface area contributed by atoms with Crippen LogP contribution in [0.5, 0.6) is 0 Å². The van der Waals surface area contributed by atoms with Crippen molar-refractivity contribution in [3.8, 4) is 0 Å². The van der Waals surface area contributed by atoms with Crippen LogP contribution in [-0.2, 0) is 4.79 Å². The third-order valence-corrected chi connectivity index (χ3v) is 4.11. The van der Waals surface area contributed by atoms with E-state index in [0.717, 1.165) is 18.2 Å². The van der Waals surface area contributed by atoms with E-state index in [1.54, 1.807) is 23.1 Å². The topological polar surface area (TPSA) is 53.2 Å². The molecule has 1 unspecified atom stereocenters. The van der Waals surface area contributed by atoms with Gasteiger partial charge in [-0.3, -0.25) is 9.59 Å². The number of halogens is 2. The predicted molar refractivity (Wildman–Crippen MR) is 86.1 cm³/mol. The lowest BCUT2D eigenvalue weighted by molar-refractivity contribution is -0.130. The Morgan fingerprint density at radius 1 is 1.25 bits per heavy atom. The van der Waals surface area contributed by atoms with Crippen LogP contribution in [0.25, 0.3) is 5.57 Å². The van der Waals surface area contributed by atoms with E-state index >= 15 is 0 Å². The zero-order chi connectivity index (χ0) is 17.3. The number of H-pyrrole nitrogens is 1. The van der Waals surface area contributed by atoms with Crippen LogP contribution in [-0.4, -0.2) is 22.3 Å². The number of hydrogen-bond donors (Lipinski definition) is 1. The fraction of sp³-hybridized carbons (Fsp3) is 0.222. The average molecular weight is 330 g/mol. The summed E-state index contributed by atoms with van der Waals surface area (Å²) in [4.78, 5) is 27.8. The molecule has 124 valence electrons. The second-order valence-electron chi connectivity index (χ2n) is 5.69. The molecule has 1 aliphatic rings. The molecule has 2 heterocycles. The molecule has 24 heavy (non-hydrogen) atoms. The van der Waals surface area contributed by atoms with E-state index < -0.39 is 17.7 Å². The molecule has 0 spiro atoms. The Morgan fingerprint density at radius 3 is 2.75 bits per heavy atom. The molecule has 0 saturated carbocycles. The van der Waals surface area contributed by atoms with Crippen LogP contribution in [0, 0.1) is 11.6 Å². The molecule has 1 aromatic carbocycles. The van der Waals surface area contributed by atoms with Crippen molar-refractivity contribution in [3.05, 3.63) is 75.7 Å². The summed E-state index contributed by atoms with van der Waals surface area (Å²) < 4.78 is 27.5. The predicted octanol–water partition coefficient (Wildman–Crippen LogP) is 3.03. The lowest BCUT2D eigenvalue weighted by Crippen LogP contribution is -2.36. The van der Waals surface area contributed by atoms with E-state index in [1.165, 1.54) is 13.0 Å². The minimum absolute atomic E-state index is 0.153. The van der Waals surface area contributed by atoms with Crippen LogP contribution in [0.3, 0.4) is 0 Å². The number of nitrogens with one attached hydrogen (secondary N) is 1. The molecule has 0 aliphatic carbocycles. The van der Waals surface area contributed by atoms with E-state index in [-0.39, 0.29) is 17.0 Å². The van der Waals surface area contributed by atoms with E-state index in [4.69, 9.17) is 0 Å². The highest BCUT2D eigenvalue weighted by atomic mass is 19.1. The number of hydrogen-bond acceptors (Lipinski definition) is 2. The third kappa shape index (κ3) is 3.13. The van der Waals surface area contributed by atoms with E-state index in [0.29, 0.717) is 24.2 Å². The highest BCUT2D eigenvalue weighted by molar-refractivity contribution is 5.77. The largest absolute Gasteiger partial charge is 0.331 e. The molecule has 4 nitrogen and oxygen atoms in total. The SMILES string of the molecule is CC(=O)N1CCC(c2cc(F)ccc2F)=CC1c1cccc(=O)[nH]1. The molecule has 0 radical (unpaired) electrons. The van der Waals surface area contributed by atoms with Gasteiger partial charge in [0.1, 0.15) is 11.6 Å². The normalized spacial score (nSPS) is 17.5. The van der Waals surface area contributed by atoms with Gasteiger partial charge in [-0.1, -0.05) is 12.1 Å². The lowest BCUT2D eigenvalue weighted by atomic mass is 9.93. The van der Waals surface area contributed by atoms with Gasteiger partial charge in [-0.25, -0.2) is 8.78 Å². The third-order valence-electron chi connectivity index (χ3n) is 4.11. The van der Waals surface area contributed by atoms with Gasteiger partial charge < -0.3 is 9.88 Å². The molecule has 0 bridgehead atoms. The summed E-state index contributed by atoms with van der Waals surface area (Å²) in [6.07, 6.45) is 2.11. The Bertz CT molecular complexity index is 873. The number of carbonyl (C=O) groups is 1. The number of benzene rings is 1. The maximum Gasteiger partial charge on any atom is 0.248 e. The van der Waals surface area contributed by atoms with Crippen molar-refractivity contribution >= 4 is 11.5 Å². The van der Waals surface area contributed by atoms with Crippen molar-refractivity contribution in [1.29, 1.82) is 0 Å². The van der Waals surface area contributed by atoms with Gasteiger partial charge in [-0.2, -0.15) is 0 Å². The molecule has 0 fully saturated rings. The minimum Gasteiger partial charge on any atom is -0.331 e. The number of carbonyl (C=O) groups excluding carboxylic acids is 1. The monoisotopic (exact) mass is 330 g/mol. The number of amides is 1. The van der Waals surface area contributed by atoms with Crippen LogP contribution in [0.2, 0.25) is 0 Å². The van der Waals surface area contributed by atoms with Gasteiger partial charge in [0, 0.05) is 30.8 Å². The average Bonchev–Trinajstić information content (AvgIpc) is 2.56. The molecule has 0 saturated heterocycles. The Balaban J connectivity index is 2.09. The van der Waals surface area contributed by atoms with Crippen LogP contribution >= 0.6 is 0 Å². The molecular formula is C18H16F2N2O2. The summed E-state index contributed by atoms with van der Waals surface area (Å²) in [5.41, 5.74) is 1.04. The minimum atomic E-state index is -0.525. The maximum absolute atomic E-state index is 14.1. The maximum atomic E-state index is 14.1. The van der Waals surface area contributed by atoms with Crippen molar-refractivity contribution in [1.82, 2.24) is 9.88 Å². The first-order valence-electron chi connectivity index (χ1n) is 7.58. The van der Waals surface area contributed by atoms with Crippen LogP contribution in [0.15, 0.2) is 47.3 Å². The summed E-state index contributed by atoms with van der Waals surface area (Å²) in [5.74, 6) is -1.19. The Kier molecular flexibility index (Phi) is 4.29. The van der Waals surface area contributed by atoms with E-state index in [9.17, 15) is 18.4 Å². The first-order valence-corrected chi connectivity index (χ1v) is 7.58. The smallest absolute Gasteiger partial charge is 0.248 e. The second-order valence-corrected chi connectivity index (χ2v) is 5.69. The molecule has 6 heteroatoms. The first-order chi connectivity index (χ1) is 11.5. The molecule has 2 aromatic rings. The number of pyridine rings is 1. The van der Waals surface area contributed by atoms with Crippen molar-refractivity contribution in [2.24, 2.45) is 0 Å². The molecule has 1 N–H and O–H groups in total. The molecule has 1 aliphatic heterocycles. The van der Waals surface area contributed by atoms with Crippen molar-refractivity contribution < 1.29 is 13.6 Å². The van der Waals surface area contributed by atoms with E-state index in [2.05, 4.69) is 4.98 Å². The summed E-state index contributed by atoms with van der Waals surface area (Å²) in [6.45, 7) is 1.80. The van der Waals surface area contributed by atoms with Crippen molar-refractivity contribution in [2.45, 2.75) is 19.4 Å². The number of nitrogens with zero attached hydrogens (tertiary/aromatic N) is 1. The summed E-state index contributed by atoms with van der Waals surface area (Å²) in [5, 5.41) is 0. The van der Waals surface area contributed by atoms with Crippen LogP contribution in [0.4, 0.5) is 8.78 Å². The Morgan fingerprint density at radius 2 is 2.04 bits per heavy atom. The molecule has 1 atom stereocenters. The number of aromatic nitrogens is 1. The molecule has 3 rings (SSSR count). The molecule has 1 amide bonds. The highest BCUT2D eigenvalue weighted by Gasteiger charge is 2.27. The quantitative estimate of drug-likeness (QED) is 0.920. The zero-order valence-electron chi connectivity index (χ0n) is 13.1. The summed E-state index contributed by atoms with van der Waals surface area (Å²) in [7, 11) is 0. The Hall–Kier alpha value is -2.76. The van der Waals surface area contributed by atoms with Crippen LogP contribution < -0.4 is 5.56 Å². The van der Waals surface area contributed by atoms with Crippen molar-refractivity contribution in [3.63, 3.8) is 0 Å². The van der Waals surface area contributed by atoms with E-state index in [1.807, 2.05) is 0 Å². The van der Waals surface area contributed by atoms with Crippen LogP contribution in [0.1, 0.15) is 30.6 Å². The fourth-order valence-corrected chi connectivity index (χ4v) is 2.96. The van der Waals surface area contributed by atoms with Gasteiger partial charge in [0.15, 0.2) is 0 Å². The fourth-order valence-electron chi connectivity index (χ4n) is 2.96. The lowest BCUT2D eigenvalue weighted by Gasteiger charge is -2.34. The van der Waals surface area contributed by atoms with Gasteiger partial charge in [0.25, 0.3) is 0 Å². The van der Waals surface area contributed by atoms with Gasteiger partial charge in [-0.05, 0) is 36.3 Å². The summed E-state index contributed by atoms with van der Waals surface area (Å²) >= 11 is 0. The van der Waals surface area contributed by atoms with Gasteiger partial charge in [0.2, 0.25) is 11.5 Å². The standard InChI is InChI=1S/C18H16F2N2O2/c1-11(23)22-8-7-12(14-10-13(19)5-6-15(14)20)9-17(22)16-3-2-4-18(24)21-16/h2-6,9-10,17H,7-8H2,1H3,(H,21,24). The van der Waals surface area contributed by atoms with Crippen molar-refractivity contribution in [2.75, 3.05) is 6.54 Å². The molecule has 1 aromatic heterocycles. The highest BCUT2D eigenvalue weighted by Crippen LogP contribution is 2.33. The second kappa shape index (κ2) is 6.39.